The molecule has 2 aliphatic carbocycles. The summed E-state index contributed by atoms with van der Waals surface area (Å²) in [5.41, 5.74) is 2.63. The monoisotopic (exact) mass is 420 g/mol. The van der Waals surface area contributed by atoms with E-state index >= 15 is 0 Å². The fraction of sp³-hybridized carbons (Fsp3) is 0.474. The molecule has 4 rings (SSSR count). The molecule has 1 saturated carbocycles. The number of hydrogen-bond acceptors (Lipinski definition) is 8. The molecule has 10 heteroatoms. The van der Waals surface area contributed by atoms with Crippen LogP contribution in [0.1, 0.15) is 36.4 Å². The van der Waals surface area contributed by atoms with E-state index in [2.05, 4.69) is 37.7 Å². The van der Waals surface area contributed by atoms with Gasteiger partial charge in [-0.15, -0.1) is 0 Å². The Morgan fingerprint density at radius 2 is 2.07 bits per heavy atom. The smallest absolute Gasteiger partial charge is 0.333 e. The first-order chi connectivity index (χ1) is 13.9. The van der Waals surface area contributed by atoms with Crippen LogP contribution in [0.3, 0.4) is 0 Å². The van der Waals surface area contributed by atoms with Crippen LogP contribution in [0, 0.1) is 5.92 Å². The van der Waals surface area contributed by atoms with E-state index in [-0.39, 0.29) is 24.7 Å². The molecule has 156 valence electrons. The number of nitrogens with two attached hydrogens (primary N) is 1. The lowest BCUT2D eigenvalue weighted by Gasteiger charge is -2.16. The molecule has 2 aromatic rings. The molecule has 1 aromatic carbocycles. The zero-order valence-corrected chi connectivity index (χ0v) is 16.6. The number of ether oxygens (including phenoxy) is 1. The van der Waals surface area contributed by atoms with E-state index in [4.69, 9.17) is 9.88 Å². The van der Waals surface area contributed by atoms with Crippen molar-refractivity contribution in [2.45, 2.75) is 43.9 Å². The number of nitrogens with one attached hydrogen (secondary N) is 1. The van der Waals surface area contributed by atoms with Crippen molar-refractivity contribution in [2.75, 3.05) is 11.9 Å². The molecule has 9 nitrogen and oxygen atoms in total. The highest BCUT2D eigenvalue weighted by atomic mass is 32.2. The molecule has 0 spiro atoms. The SMILES string of the molecule is NS(=O)(=O)OC[C@@H]1CC(Oc2cc(N[C@H]3CCc4ccccc43)ncn2)C[C@@H]1O. The van der Waals surface area contributed by atoms with Crippen molar-refractivity contribution in [3.05, 3.63) is 47.8 Å². The van der Waals surface area contributed by atoms with Gasteiger partial charge in [0.2, 0.25) is 5.88 Å². The molecule has 1 aromatic heterocycles. The zero-order valence-electron chi connectivity index (χ0n) is 15.8. The van der Waals surface area contributed by atoms with E-state index in [1.165, 1.54) is 17.5 Å². The van der Waals surface area contributed by atoms with Crippen molar-refractivity contribution in [3.8, 4) is 5.88 Å². The van der Waals surface area contributed by atoms with Crippen LogP contribution in [0.15, 0.2) is 36.7 Å². The van der Waals surface area contributed by atoms with E-state index in [0.717, 1.165) is 12.8 Å². The highest BCUT2D eigenvalue weighted by Gasteiger charge is 2.35. The Hall–Kier alpha value is -2.27. The zero-order chi connectivity index (χ0) is 20.4. The minimum Gasteiger partial charge on any atom is -0.474 e. The Balaban J connectivity index is 1.36. The molecule has 4 N–H and O–H groups in total. The number of fused-ring (bicyclic) bond motifs is 1. The van der Waals surface area contributed by atoms with Crippen molar-refractivity contribution in [1.82, 2.24) is 9.97 Å². The summed E-state index contributed by atoms with van der Waals surface area (Å²) in [4.78, 5) is 8.44. The number of rotatable bonds is 7. The molecule has 0 saturated heterocycles. The number of hydrogen-bond donors (Lipinski definition) is 3. The number of benzene rings is 1. The van der Waals surface area contributed by atoms with Crippen molar-refractivity contribution < 1.29 is 22.4 Å². The first-order valence-corrected chi connectivity index (χ1v) is 11.0. The molecule has 1 heterocycles. The van der Waals surface area contributed by atoms with Crippen molar-refractivity contribution in [1.29, 1.82) is 0 Å². The molecular formula is C19H24N4O5S. The molecular weight excluding hydrogens is 396 g/mol. The van der Waals surface area contributed by atoms with E-state index in [0.29, 0.717) is 24.5 Å². The standard InChI is InChI=1S/C19H24N4O5S/c20-29(25,26)27-10-13-7-14(8-17(13)24)28-19-9-18(21-11-22-19)23-16-6-5-12-3-1-2-4-15(12)16/h1-4,9,11,13-14,16-17,24H,5-8,10H2,(H2,20,25,26)(H,21,22,23)/t13-,14?,16-,17-/m0/s1. The largest absolute Gasteiger partial charge is 0.474 e. The van der Waals surface area contributed by atoms with Gasteiger partial charge in [0, 0.05) is 18.4 Å². The predicted molar refractivity (Wildman–Crippen MR) is 105 cm³/mol. The van der Waals surface area contributed by atoms with E-state index < -0.39 is 16.4 Å². The lowest BCUT2D eigenvalue weighted by atomic mass is 10.1. The first-order valence-electron chi connectivity index (χ1n) is 9.55. The van der Waals surface area contributed by atoms with Crippen molar-refractivity contribution >= 4 is 16.1 Å². The Labute approximate surface area is 169 Å². The second-order valence-electron chi connectivity index (χ2n) is 7.49. The van der Waals surface area contributed by atoms with Gasteiger partial charge < -0.3 is 15.2 Å². The molecule has 29 heavy (non-hydrogen) atoms. The van der Waals surface area contributed by atoms with Gasteiger partial charge in [-0.1, -0.05) is 24.3 Å². The summed E-state index contributed by atoms with van der Waals surface area (Å²) in [6, 6.07) is 10.3. The van der Waals surface area contributed by atoms with Gasteiger partial charge in [0.1, 0.15) is 18.2 Å². The normalized spacial score (nSPS) is 26.3. The third kappa shape index (κ3) is 5.02. The number of aromatic nitrogens is 2. The van der Waals surface area contributed by atoms with Crippen LogP contribution in [0.5, 0.6) is 5.88 Å². The number of nitrogens with zero attached hydrogens (tertiary/aromatic N) is 2. The Kier molecular flexibility index (Phi) is 5.68. The lowest BCUT2D eigenvalue weighted by Crippen LogP contribution is -2.24. The third-order valence-electron chi connectivity index (χ3n) is 5.44. The maximum absolute atomic E-state index is 10.9. The van der Waals surface area contributed by atoms with E-state index in [1.54, 1.807) is 6.07 Å². The summed E-state index contributed by atoms with van der Waals surface area (Å²) in [6.45, 7) is -0.169. The van der Waals surface area contributed by atoms with Gasteiger partial charge in [0.25, 0.3) is 0 Å². The van der Waals surface area contributed by atoms with Crippen LogP contribution in [-0.4, -0.2) is 42.3 Å². The fourth-order valence-corrected chi connectivity index (χ4v) is 4.41. The summed E-state index contributed by atoms with van der Waals surface area (Å²) in [6.07, 6.45) is 3.25. The van der Waals surface area contributed by atoms with Crippen LogP contribution >= 0.6 is 0 Å². The molecule has 0 aliphatic heterocycles. The summed E-state index contributed by atoms with van der Waals surface area (Å²) in [5.74, 6) is 0.705. The molecule has 1 fully saturated rings. The number of anilines is 1. The topological polar surface area (TPSA) is 137 Å². The van der Waals surface area contributed by atoms with Gasteiger partial charge in [-0.2, -0.15) is 8.42 Å². The van der Waals surface area contributed by atoms with Gasteiger partial charge in [-0.3, -0.25) is 4.18 Å². The van der Waals surface area contributed by atoms with Crippen LogP contribution in [-0.2, 0) is 20.9 Å². The fourth-order valence-electron chi connectivity index (χ4n) is 4.05. The highest BCUT2D eigenvalue weighted by molar-refractivity contribution is 7.84. The van der Waals surface area contributed by atoms with Gasteiger partial charge in [-0.25, -0.2) is 15.1 Å². The molecule has 0 radical (unpaired) electrons. The van der Waals surface area contributed by atoms with Crippen molar-refractivity contribution in [3.63, 3.8) is 0 Å². The van der Waals surface area contributed by atoms with Crippen LogP contribution in [0.4, 0.5) is 5.82 Å². The van der Waals surface area contributed by atoms with Crippen LogP contribution < -0.4 is 15.2 Å². The Bertz CT molecular complexity index is 971. The van der Waals surface area contributed by atoms with Crippen LogP contribution in [0.2, 0.25) is 0 Å². The lowest BCUT2D eigenvalue weighted by molar-refractivity contribution is 0.0986. The number of aryl methyl sites for hydroxylation is 1. The van der Waals surface area contributed by atoms with Gasteiger partial charge >= 0.3 is 10.3 Å². The third-order valence-corrected chi connectivity index (χ3v) is 5.91. The highest BCUT2D eigenvalue weighted by Crippen LogP contribution is 2.34. The minimum atomic E-state index is -4.03. The van der Waals surface area contributed by atoms with Gasteiger partial charge in [0.15, 0.2) is 0 Å². The van der Waals surface area contributed by atoms with E-state index in [1.807, 2.05) is 6.07 Å². The second kappa shape index (κ2) is 8.23. The first kappa shape index (κ1) is 20.0. The average Bonchev–Trinajstić information content (AvgIpc) is 3.23. The van der Waals surface area contributed by atoms with Gasteiger partial charge in [-0.05, 0) is 30.4 Å². The average molecular weight is 420 g/mol. The van der Waals surface area contributed by atoms with Gasteiger partial charge in [0.05, 0.1) is 18.8 Å². The second-order valence-corrected chi connectivity index (χ2v) is 8.71. The minimum absolute atomic E-state index is 0.169. The van der Waals surface area contributed by atoms with E-state index in [9.17, 15) is 13.5 Å². The Morgan fingerprint density at radius 1 is 1.24 bits per heavy atom. The molecule has 0 bridgehead atoms. The summed E-state index contributed by atoms with van der Waals surface area (Å²) >= 11 is 0. The summed E-state index contributed by atoms with van der Waals surface area (Å²) < 4.78 is 32.4. The maximum Gasteiger partial charge on any atom is 0.333 e. The Morgan fingerprint density at radius 3 is 2.90 bits per heavy atom. The molecule has 4 atom stereocenters. The predicted octanol–water partition coefficient (Wildman–Crippen LogP) is 1.31. The van der Waals surface area contributed by atoms with Crippen LogP contribution in [0.25, 0.3) is 0 Å². The molecule has 2 aliphatic rings. The molecule has 0 amide bonds. The maximum atomic E-state index is 10.9. The summed E-state index contributed by atoms with van der Waals surface area (Å²) in [7, 11) is -4.03. The molecule has 1 unspecified atom stereocenters. The van der Waals surface area contributed by atoms with Crippen molar-refractivity contribution in [2.24, 2.45) is 11.1 Å². The quantitative estimate of drug-likeness (QED) is 0.610. The number of aliphatic hydroxyl groups is 1. The summed E-state index contributed by atoms with van der Waals surface area (Å²) in [5, 5.41) is 18.4. The number of aliphatic hydroxyl groups excluding tert-OH is 1.